The number of nitrogens with one attached hydrogen (secondary N) is 2. The summed E-state index contributed by atoms with van der Waals surface area (Å²) in [7, 11) is 0. The van der Waals surface area contributed by atoms with Gasteiger partial charge in [-0.25, -0.2) is 10.2 Å². The second kappa shape index (κ2) is 8.49. The van der Waals surface area contributed by atoms with Crippen molar-refractivity contribution < 1.29 is 23.9 Å². The molecule has 0 spiro atoms. The Hall–Kier alpha value is -4.22. The van der Waals surface area contributed by atoms with Crippen molar-refractivity contribution in [2.24, 2.45) is 0 Å². The number of rotatable bonds is 5. The van der Waals surface area contributed by atoms with E-state index in [1.165, 1.54) is 60.7 Å². The Bertz CT molecular complexity index is 1190. The molecular formula is C21H14N4O6S. The number of hydrazine groups is 1. The number of nitro groups is 1. The molecule has 160 valence electrons. The lowest BCUT2D eigenvalue weighted by Crippen LogP contribution is -2.47. The Balaban J connectivity index is 1.39. The van der Waals surface area contributed by atoms with Crippen molar-refractivity contribution in [1.82, 2.24) is 10.4 Å². The number of carbonyl (C=O) groups excluding carboxylic acids is 3. The number of fused-ring (bicyclic) bond motifs is 1. The first-order valence-electron chi connectivity index (χ1n) is 9.17. The molecule has 0 fully saturated rings. The van der Waals surface area contributed by atoms with Crippen LogP contribution in [0.1, 0.15) is 20.7 Å². The molecular weight excluding hydrogens is 436 g/mol. The van der Waals surface area contributed by atoms with Gasteiger partial charge in [0.25, 0.3) is 17.5 Å². The molecule has 32 heavy (non-hydrogen) atoms. The molecule has 3 aromatic rings. The van der Waals surface area contributed by atoms with Crippen molar-refractivity contribution in [3.63, 3.8) is 0 Å². The maximum absolute atomic E-state index is 12.6. The topological polar surface area (TPSA) is 145 Å². The first-order valence-corrected chi connectivity index (χ1v) is 10.3. The molecule has 11 heteroatoms. The van der Waals surface area contributed by atoms with E-state index in [1.54, 1.807) is 12.1 Å². The summed E-state index contributed by atoms with van der Waals surface area (Å²) in [6.07, 6.45) is 0. The predicted molar refractivity (Wildman–Crippen MR) is 113 cm³/mol. The molecule has 2 N–H and O–H groups in total. The fourth-order valence-corrected chi connectivity index (χ4v) is 4.08. The van der Waals surface area contributed by atoms with Crippen LogP contribution < -0.4 is 10.7 Å². The molecule has 0 saturated heterocycles. The number of imide groups is 1. The van der Waals surface area contributed by atoms with E-state index in [1.807, 2.05) is 0 Å². The number of urea groups is 1. The number of nitro benzene ring substituents is 1. The molecule has 1 aliphatic rings. The molecule has 4 rings (SSSR count). The van der Waals surface area contributed by atoms with Crippen LogP contribution in [0.25, 0.3) is 0 Å². The highest BCUT2D eigenvalue weighted by atomic mass is 32.2. The maximum atomic E-state index is 12.6. The van der Waals surface area contributed by atoms with Crippen molar-refractivity contribution in [1.29, 1.82) is 0 Å². The van der Waals surface area contributed by atoms with Crippen LogP contribution in [-0.2, 0) is 11.2 Å². The van der Waals surface area contributed by atoms with E-state index in [0.29, 0.717) is 20.5 Å². The third-order valence-corrected chi connectivity index (χ3v) is 6.00. The Morgan fingerprint density at radius 1 is 0.844 bits per heavy atom. The zero-order valence-corrected chi connectivity index (χ0v) is 17.0. The third-order valence-electron chi connectivity index (χ3n) is 4.60. The van der Waals surface area contributed by atoms with Crippen molar-refractivity contribution in [2.75, 3.05) is 5.32 Å². The Morgan fingerprint density at radius 2 is 1.34 bits per heavy atom. The molecule has 1 heterocycles. The third kappa shape index (κ3) is 4.02. The average Bonchev–Trinajstić information content (AvgIpc) is 3.04. The molecule has 10 nitrogen and oxygen atoms in total. The average molecular weight is 450 g/mol. The first kappa shape index (κ1) is 21.0. The fraction of sp³-hybridized carbons (Fsp3) is 0. The maximum Gasteiger partial charge on any atom is 0.338 e. The zero-order chi connectivity index (χ0) is 22.8. The number of benzene rings is 3. The SMILES string of the molecule is O=C(Nc1ccc([S+]([O-])c2ccc([N+](=O)[O-])cc2)cc1)NN1C(=O)c2ccccc2C1=O. The number of hydrogen-bond donors (Lipinski definition) is 2. The van der Waals surface area contributed by atoms with E-state index in [4.69, 9.17) is 0 Å². The lowest BCUT2D eigenvalue weighted by Gasteiger charge is -2.16. The van der Waals surface area contributed by atoms with Crippen LogP contribution >= 0.6 is 0 Å². The van der Waals surface area contributed by atoms with Crippen LogP contribution in [0.3, 0.4) is 0 Å². The minimum Gasteiger partial charge on any atom is -0.606 e. The second-order valence-electron chi connectivity index (χ2n) is 6.60. The monoisotopic (exact) mass is 450 g/mol. The van der Waals surface area contributed by atoms with E-state index in [2.05, 4.69) is 10.7 Å². The summed E-state index contributed by atoms with van der Waals surface area (Å²) >= 11 is -1.57. The van der Waals surface area contributed by atoms with E-state index in [-0.39, 0.29) is 16.8 Å². The van der Waals surface area contributed by atoms with E-state index < -0.39 is 33.9 Å². The van der Waals surface area contributed by atoms with E-state index >= 15 is 0 Å². The van der Waals surface area contributed by atoms with Crippen molar-refractivity contribution >= 4 is 40.4 Å². The van der Waals surface area contributed by atoms with Crippen LogP contribution in [0.5, 0.6) is 0 Å². The van der Waals surface area contributed by atoms with Gasteiger partial charge in [-0.3, -0.25) is 19.7 Å². The number of amides is 4. The van der Waals surface area contributed by atoms with Gasteiger partial charge in [0.15, 0.2) is 9.79 Å². The second-order valence-corrected chi connectivity index (χ2v) is 8.08. The smallest absolute Gasteiger partial charge is 0.338 e. The lowest BCUT2D eigenvalue weighted by atomic mass is 10.1. The van der Waals surface area contributed by atoms with Crippen LogP contribution in [0.2, 0.25) is 0 Å². The molecule has 1 aliphatic heterocycles. The van der Waals surface area contributed by atoms with Gasteiger partial charge < -0.3 is 9.87 Å². The van der Waals surface area contributed by atoms with Crippen LogP contribution in [0, 0.1) is 10.1 Å². The molecule has 0 radical (unpaired) electrons. The highest BCUT2D eigenvalue weighted by molar-refractivity contribution is 7.91. The minimum absolute atomic E-state index is 0.102. The highest BCUT2D eigenvalue weighted by Gasteiger charge is 2.36. The number of nitrogens with zero attached hydrogens (tertiary/aromatic N) is 2. The first-order chi connectivity index (χ1) is 15.3. The summed E-state index contributed by atoms with van der Waals surface area (Å²) in [4.78, 5) is 47.9. The van der Waals surface area contributed by atoms with Gasteiger partial charge in [-0.1, -0.05) is 12.1 Å². The van der Waals surface area contributed by atoms with Crippen LogP contribution in [0.4, 0.5) is 16.2 Å². The standard InChI is InChI=1S/C21H14N4O6S/c26-19-17-3-1-2-4-18(17)20(27)24(19)23-21(28)22-13-5-9-15(10-6-13)32(31)16-11-7-14(8-12-16)25(29)30/h1-12H,(H2,22,23,28). The molecule has 4 amide bonds. The minimum atomic E-state index is -1.57. The molecule has 0 bridgehead atoms. The normalized spacial score (nSPS) is 13.5. The van der Waals surface area contributed by atoms with Gasteiger partial charge in [0.1, 0.15) is 0 Å². The lowest BCUT2D eigenvalue weighted by molar-refractivity contribution is -0.384. The summed E-state index contributed by atoms with van der Waals surface area (Å²) in [6, 6.07) is 16.9. The van der Waals surface area contributed by atoms with Gasteiger partial charge >= 0.3 is 6.03 Å². The van der Waals surface area contributed by atoms with Crippen molar-refractivity contribution in [3.8, 4) is 0 Å². The summed E-state index contributed by atoms with van der Waals surface area (Å²) in [5.41, 5.74) is 2.86. The van der Waals surface area contributed by atoms with Gasteiger partial charge in [0, 0.05) is 41.1 Å². The number of hydrogen-bond acceptors (Lipinski definition) is 6. The van der Waals surface area contributed by atoms with Gasteiger partial charge in [0.05, 0.1) is 16.1 Å². The Morgan fingerprint density at radius 3 is 1.84 bits per heavy atom. The van der Waals surface area contributed by atoms with Crippen LogP contribution in [0.15, 0.2) is 82.6 Å². The van der Waals surface area contributed by atoms with Gasteiger partial charge in [-0.05, 0) is 36.4 Å². The highest BCUT2D eigenvalue weighted by Crippen LogP contribution is 2.24. The molecule has 1 atom stereocenters. The van der Waals surface area contributed by atoms with Gasteiger partial charge in [0.2, 0.25) is 0 Å². The number of carbonyl (C=O) groups is 3. The van der Waals surface area contributed by atoms with Gasteiger partial charge in [-0.2, -0.15) is 5.01 Å². The van der Waals surface area contributed by atoms with Crippen LogP contribution in [-0.4, -0.2) is 32.3 Å². The summed E-state index contributed by atoms with van der Waals surface area (Å²) in [6.45, 7) is 0. The van der Waals surface area contributed by atoms with E-state index in [9.17, 15) is 29.1 Å². The van der Waals surface area contributed by atoms with Gasteiger partial charge in [-0.15, -0.1) is 0 Å². The molecule has 3 aromatic carbocycles. The zero-order valence-electron chi connectivity index (χ0n) is 16.2. The summed E-state index contributed by atoms with van der Waals surface area (Å²) in [5.74, 6) is -1.26. The van der Waals surface area contributed by atoms with E-state index in [0.717, 1.165) is 0 Å². The molecule has 0 aliphatic carbocycles. The van der Waals surface area contributed by atoms with Crippen molar-refractivity contribution in [3.05, 3.63) is 94.0 Å². The Labute approximate surface area is 184 Å². The molecule has 1 unspecified atom stereocenters. The summed E-state index contributed by atoms with van der Waals surface area (Å²) in [5, 5.41) is 13.9. The number of anilines is 1. The predicted octanol–water partition coefficient (Wildman–Crippen LogP) is 3.09. The van der Waals surface area contributed by atoms with Crippen molar-refractivity contribution in [2.45, 2.75) is 9.79 Å². The summed E-state index contributed by atoms with van der Waals surface area (Å²) < 4.78 is 12.6. The largest absolute Gasteiger partial charge is 0.606 e. The Kier molecular flexibility index (Phi) is 5.58. The molecule has 0 aromatic heterocycles. The molecule has 0 saturated carbocycles. The quantitative estimate of drug-likeness (QED) is 0.264. The number of non-ortho nitro benzene ring substituents is 1. The fourth-order valence-electron chi connectivity index (χ4n) is 3.04.